The predicted molar refractivity (Wildman–Crippen MR) is 179 cm³/mol. The van der Waals surface area contributed by atoms with Crippen LogP contribution in [0, 0.1) is 11.6 Å². The molecule has 48 heavy (non-hydrogen) atoms. The van der Waals surface area contributed by atoms with Crippen molar-refractivity contribution in [3.8, 4) is 17.0 Å². The Morgan fingerprint density at radius 2 is 1.98 bits per heavy atom. The predicted octanol–water partition coefficient (Wildman–Crippen LogP) is 3.09. The Hall–Kier alpha value is -5.31. The standard InChI is InChI=1S/C33H40F2N10O3/c1-3-19-16-20(42-29-30-41-17-25(45(30)15-13-39-29)23-10-11-26(48-2)28(35)27(23)34)8-9-22(19)31(46)43-21-6-5-14-44(18-21)32(47)24(36)7-4-12-40-33(37)38/h8-11,13,15-17,21,24H,3-7,12,14,18,36H2,1-2H3,(H,39,42)(H,43,46)(H4,37,38,40). The molecule has 1 saturated heterocycles. The number of carbonyl (C=O) groups is 2. The van der Waals surface area contributed by atoms with Gasteiger partial charge in [0.25, 0.3) is 5.91 Å². The number of anilines is 2. The maximum atomic E-state index is 14.9. The molecule has 254 valence electrons. The van der Waals surface area contributed by atoms with Gasteiger partial charge in [0.05, 0.1) is 25.0 Å². The van der Waals surface area contributed by atoms with E-state index in [0.717, 1.165) is 18.4 Å². The molecule has 4 aromatic rings. The third kappa shape index (κ3) is 7.46. The summed E-state index contributed by atoms with van der Waals surface area (Å²) in [5.41, 5.74) is 19.6. The summed E-state index contributed by atoms with van der Waals surface area (Å²) in [5.74, 6) is -2.32. The maximum absolute atomic E-state index is 14.9. The highest BCUT2D eigenvalue weighted by Gasteiger charge is 2.28. The third-order valence-corrected chi connectivity index (χ3v) is 8.32. The number of rotatable bonds is 12. The number of ether oxygens (including phenoxy) is 1. The summed E-state index contributed by atoms with van der Waals surface area (Å²) in [6.07, 6.45) is 7.69. The number of benzene rings is 2. The number of likely N-dealkylation sites (tertiary alicyclic amines) is 1. The summed E-state index contributed by atoms with van der Waals surface area (Å²) in [4.78, 5) is 40.9. The Morgan fingerprint density at radius 1 is 1.17 bits per heavy atom. The van der Waals surface area contributed by atoms with Crippen molar-refractivity contribution in [2.24, 2.45) is 22.2 Å². The summed E-state index contributed by atoms with van der Waals surface area (Å²) >= 11 is 0. The van der Waals surface area contributed by atoms with Gasteiger partial charge < -0.3 is 37.5 Å². The molecule has 0 spiro atoms. The first-order valence-electron chi connectivity index (χ1n) is 15.8. The number of guanidine groups is 1. The number of halogens is 2. The van der Waals surface area contributed by atoms with Gasteiger partial charge in [-0.2, -0.15) is 4.39 Å². The number of amides is 2. The van der Waals surface area contributed by atoms with E-state index in [0.29, 0.717) is 67.3 Å². The number of hydrogen-bond donors (Lipinski definition) is 5. The summed E-state index contributed by atoms with van der Waals surface area (Å²) in [6, 6.07) is 7.27. The number of carbonyl (C=O) groups excluding carboxylic acids is 2. The molecule has 0 bridgehead atoms. The molecule has 2 unspecified atom stereocenters. The molecule has 1 aliphatic rings. The van der Waals surface area contributed by atoms with Crippen LogP contribution in [0.5, 0.6) is 5.75 Å². The molecular weight excluding hydrogens is 622 g/mol. The normalized spacial score (nSPS) is 15.2. The molecule has 2 amide bonds. The van der Waals surface area contributed by atoms with Crippen LogP contribution in [0.4, 0.5) is 20.3 Å². The van der Waals surface area contributed by atoms with Gasteiger partial charge in [-0.25, -0.2) is 14.4 Å². The van der Waals surface area contributed by atoms with E-state index in [2.05, 4.69) is 25.6 Å². The summed E-state index contributed by atoms with van der Waals surface area (Å²) in [6.45, 7) is 3.31. The number of methoxy groups -OCH3 is 1. The second-order valence-corrected chi connectivity index (χ2v) is 11.6. The number of imidazole rings is 1. The van der Waals surface area contributed by atoms with Crippen LogP contribution in [0.25, 0.3) is 16.9 Å². The minimum Gasteiger partial charge on any atom is -0.494 e. The number of aromatic nitrogens is 3. The second-order valence-electron chi connectivity index (χ2n) is 11.6. The lowest BCUT2D eigenvalue weighted by Crippen LogP contribution is -2.53. The largest absolute Gasteiger partial charge is 0.494 e. The first-order chi connectivity index (χ1) is 23.1. The highest BCUT2D eigenvalue weighted by atomic mass is 19.2. The van der Waals surface area contributed by atoms with Gasteiger partial charge in [-0.3, -0.25) is 19.0 Å². The van der Waals surface area contributed by atoms with Crippen LogP contribution in [0.3, 0.4) is 0 Å². The number of nitrogens with zero attached hydrogens (tertiary/aromatic N) is 5. The van der Waals surface area contributed by atoms with Crippen LogP contribution in [-0.2, 0) is 11.2 Å². The molecule has 2 atom stereocenters. The zero-order valence-electron chi connectivity index (χ0n) is 26.9. The minimum atomic E-state index is -1.08. The molecule has 2 aromatic heterocycles. The Labute approximate surface area is 276 Å². The van der Waals surface area contributed by atoms with E-state index in [1.165, 1.54) is 31.6 Å². The number of nitrogens with one attached hydrogen (secondary N) is 2. The molecule has 15 heteroatoms. The van der Waals surface area contributed by atoms with E-state index in [4.69, 9.17) is 21.9 Å². The average molecular weight is 663 g/mol. The van der Waals surface area contributed by atoms with Crippen molar-refractivity contribution < 1.29 is 23.1 Å². The van der Waals surface area contributed by atoms with E-state index in [1.54, 1.807) is 27.6 Å². The fourth-order valence-corrected chi connectivity index (χ4v) is 5.85. The number of fused-ring (bicyclic) bond motifs is 1. The van der Waals surface area contributed by atoms with Crippen molar-refractivity contribution >= 4 is 34.9 Å². The van der Waals surface area contributed by atoms with Gasteiger partial charge in [-0.05, 0) is 68.0 Å². The molecule has 0 saturated carbocycles. The van der Waals surface area contributed by atoms with Crippen molar-refractivity contribution in [2.75, 3.05) is 32.1 Å². The van der Waals surface area contributed by atoms with Crippen molar-refractivity contribution in [1.82, 2.24) is 24.6 Å². The molecule has 3 heterocycles. The lowest BCUT2D eigenvalue weighted by Gasteiger charge is -2.34. The van der Waals surface area contributed by atoms with Gasteiger partial charge in [0.15, 0.2) is 29.0 Å². The van der Waals surface area contributed by atoms with Crippen molar-refractivity contribution in [3.05, 3.63) is 71.7 Å². The van der Waals surface area contributed by atoms with Crippen LogP contribution >= 0.6 is 0 Å². The minimum absolute atomic E-state index is 0.00359. The maximum Gasteiger partial charge on any atom is 0.251 e. The summed E-state index contributed by atoms with van der Waals surface area (Å²) in [7, 11) is 1.27. The average Bonchev–Trinajstić information content (AvgIpc) is 3.52. The third-order valence-electron chi connectivity index (χ3n) is 8.32. The van der Waals surface area contributed by atoms with Gasteiger partial charge in [0, 0.05) is 54.9 Å². The zero-order chi connectivity index (χ0) is 34.4. The van der Waals surface area contributed by atoms with Crippen molar-refractivity contribution in [3.63, 3.8) is 0 Å². The lowest BCUT2D eigenvalue weighted by atomic mass is 10.0. The SMILES string of the molecule is CCc1cc(Nc2nccn3c(-c4ccc(OC)c(F)c4F)cnc23)ccc1C(=O)NC1CCCN(C(=O)C(N)CCCN=C(N)N)C1. The molecule has 1 fully saturated rings. The van der Waals surface area contributed by atoms with Crippen LogP contribution < -0.4 is 32.6 Å². The number of aliphatic imine (C=N–C) groups is 1. The second kappa shape index (κ2) is 15.1. The first kappa shape index (κ1) is 34.0. The van der Waals surface area contributed by atoms with Gasteiger partial charge in [0.2, 0.25) is 11.7 Å². The lowest BCUT2D eigenvalue weighted by molar-refractivity contribution is -0.134. The Morgan fingerprint density at radius 3 is 2.73 bits per heavy atom. The number of piperidine rings is 1. The highest BCUT2D eigenvalue weighted by molar-refractivity contribution is 5.96. The highest BCUT2D eigenvalue weighted by Crippen LogP contribution is 2.32. The quantitative estimate of drug-likeness (QED) is 0.0862. The first-order valence-corrected chi connectivity index (χ1v) is 15.8. The monoisotopic (exact) mass is 662 g/mol. The van der Waals surface area contributed by atoms with E-state index >= 15 is 0 Å². The van der Waals surface area contributed by atoms with Crippen molar-refractivity contribution in [1.29, 1.82) is 0 Å². The van der Waals surface area contributed by atoms with Gasteiger partial charge >= 0.3 is 0 Å². The molecule has 0 aliphatic carbocycles. The van der Waals surface area contributed by atoms with E-state index in [-0.39, 0.29) is 35.1 Å². The molecule has 13 nitrogen and oxygen atoms in total. The van der Waals surface area contributed by atoms with Gasteiger partial charge in [-0.1, -0.05) is 6.92 Å². The molecule has 5 rings (SSSR count). The summed E-state index contributed by atoms with van der Waals surface area (Å²) in [5, 5.41) is 6.34. The topological polar surface area (TPSA) is 191 Å². The van der Waals surface area contributed by atoms with E-state index in [1.807, 2.05) is 13.0 Å². The van der Waals surface area contributed by atoms with E-state index in [9.17, 15) is 18.4 Å². The van der Waals surface area contributed by atoms with Gasteiger partial charge in [0.1, 0.15) is 0 Å². The van der Waals surface area contributed by atoms with E-state index < -0.39 is 17.7 Å². The number of nitrogens with two attached hydrogens (primary N) is 3. The molecule has 2 aromatic carbocycles. The van der Waals surface area contributed by atoms with Crippen LogP contribution in [0.2, 0.25) is 0 Å². The van der Waals surface area contributed by atoms with Gasteiger partial charge in [-0.15, -0.1) is 0 Å². The fraction of sp³-hybridized carbons (Fsp3) is 0.364. The fourth-order valence-electron chi connectivity index (χ4n) is 5.85. The molecule has 0 radical (unpaired) electrons. The van der Waals surface area contributed by atoms with Crippen molar-refractivity contribution in [2.45, 2.75) is 51.1 Å². The van der Waals surface area contributed by atoms with Crippen LogP contribution in [-0.4, -0.2) is 75.9 Å². The van der Waals surface area contributed by atoms with Crippen LogP contribution in [0.15, 0.2) is 53.9 Å². The summed E-state index contributed by atoms with van der Waals surface area (Å²) < 4.78 is 35.8. The number of aryl methyl sites for hydroxylation is 1. The Kier molecular flexibility index (Phi) is 10.7. The molecular formula is C33H40F2N10O3. The zero-order valence-corrected chi connectivity index (χ0v) is 26.9. The number of hydrogen-bond acceptors (Lipinski definition) is 8. The Bertz CT molecular complexity index is 1820. The molecule has 1 aliphatic heterocycles. The smallest absolute Gasteiger partial charge is 0.251 e. The molecule has 8 N–H and O–H groups in total. The van der Waals surface area contributed by atoms with Crippen LogP contribution in [0.1, 0.15) is 48.5 Å². The Balaban J connectivity index is 1.26.